The molecule has 1 aromatic heterocycles. The van der Waals surface area contributed by atoms with Crippen molar-refractivity contribution in [3.63, 3.8) is 0 Å². The van der Waals surface area contributed by atoms with Crippen LogP contribution in [-0.4, -0.2) is 25.0 Å². The lowest BCUT2D eigenvalue weighted by Crippen LogP contribution is -2.31. The zero-order chi connectivity index (χ0) is 12.5. The van der Waals surface area contributed by atoms with Gasteiger partial charge in [-0.15, -0.1) is 11.3 Å². The van der Waals surface area contributed by atoms with Crippen molar-refractivity contribution in [1.29, 1.82) is 0 Å². The van der Waals surface area contributed by atoms with Crippen LogP contribution in [0.5, 0.6) is 0 Å². The highest BCUT2D eigenvalue weighted by molar-refractivity contribution is 9.10. The molecule has 1 fully saturated rings. The van der Waals surface area contributed by atoms with Crippen molar-refractivity contribution >= 4 is 27.3 Å². The van der Waals surface area contributed by atoms with Gasteiger partial charge < -0.3 is 14.8 Å². The molecule has 2 heterocycles. The Hall–Kier alpha value is 0.0600. The van der Waals surface area contributed by atoms with E-state index >= 15 is 0 Å². The summed E-state index contributed by atoms with van der Waals surface area (Å²) in [5.74, 6) is -0.429. The predicted octanol–water partition coefficient (Wildman–Crippen LogP) is 3.31. The SMILES string of the molecule is CC(NCC1COC(C)(C)O1)c1cc(Br)cs1. The third-order valence-electron chi connectivity index (χ3n) is 2.73. The van der Waals surface area contributed by atoms with Gasteiger partial charge in [-0.3, -0.25) is 0 Å². The molecular formula is C12H18BrNO2S. The van der Waals surface area contributed by atoms with E-state index in [0.717, 1.165) is 11.0 Å². The summed E-state index contributed by atoms with van der Waals surface area (Å²) >= 11 is 5.23. The Kier molecular flexibility index (Phi) is 4.26. The van der Waals surface area contributed by atoms with Crippen molar-refractivity contribution in [2.75, 3.05) is 13.2 Å². The largest absolute Gasteiger partial charge is 0.348 e. The molecule has 17 heavy (non-hydrogen) atoms. The van der Waals surface area contributed by atoms with E-state index < -0.39 is 5.79 Å². The monoisotopic (exact) mass is 319 g/mol. The van der Waals surface area contributed by atoms with Crippen LogP contribution in [0.3, 0.4) is 0 Å². The van der Waals surface area contributed by atoms with Gasteiger partial charge in [0.2, 0.25) is 0 Å². The number of nitrogens with one attached hydrogen (secondary N) is 1. The molecule has 0 saturated carbocycles. The summed E-state index contributed by atoms with van der Waals surface area (Å²) in [6, 6.07) is 2.50. The zero-order valence-corrected chi connectivity index (χ0v) is 12.7. The topological polar surface area (TPSA) is 30.5 Å². The van der Waals surface area contributed by atoms with Crippen LogP contribution < -0.4 is 5.32 Å². The molecule has 0 spiro atoms. The number of halogens is 1. The summed E-state index contributed by atoms with van der Waals surface area (Å²) in [5.41, 5.74) is 0. The molecule has 0 radical (unpaired) electrons. The first-order valence-electron chi connectivity index (χ1n) is 5.75. The number of hydrogen-bond donors (Lipinski definition) is 1. The van der Waals surface area contributed by atoms with Crippen molar-refractivity contribution in [3.05, 3.63) is 20.8 Å². The van der Waals surface area contributed by atoms with Gasteiger partial charge in [0, 0.05) is 27.3 Å². The minimum absolute atomic E-state index is 0.149. The quantitative estimate of drug-likeness (QED) is 0.923. The van der Waals surface area contributed by atoms with E-state index in [-0.39, 0.29) is 6.10 Å². The average molecular weight is 320 g/mol. The van der Waals surface area contributed by atoms with Crippen molar-refractivity contribution in [2.45, 2.75) is 38.7 Å². The zero-order valence-electron chi connectivity index (χ0n) is 10.3. The molecule has 2 atom stereocenters. The van der Waals surface area contributed by atoms with Crippen LogP contribution in [-0.2, 0) is 9.47 Å². The van der Waals surface area contributed by atoms with Gasteiger partial charge in [0.1, 0.15) is 0 Å². The van der Waals surface area contributed by atoms with Crippen molar-refractivity contribution in [1.82, 2.24) is 5.32 Å². The van der Waals surface area contributed by atoms with E-state index in [1.807, 2.05) is 13.8 Å². The van der Waals surface area contributed by atoms with Gasteiger partial charge in [-0.2, -0.15) is 0 Å². The summed E-state index contributed by atoms with van der Waals surface area (Å²) in [6.45, 7) is 7.56. The fourth-order valence-electron chi connectivity index (χ4n) is 1.83. The molecule has 1 N–H and O–H groups in total. The van der Waals surface area contributed by atoms with Crippen LogP contribution in [0, 0.1) is 0 Å². The molecule has 3 nitrogen and oxygen atoms in total. The highest BCUT2D eigenvalue weighted by Gasteiger charge is 2.32. The first kappa shape index (κ1) is 13.5. The number of ether oxygens (including phenoxy) is 2. The van der Waals surface area contributed by atoms with Gasteiger partial charge in [-0.25, -0.2) is 0 Å². The fraction of sp³-hybridized carbons (Fsp3) is 0.667. The summed E-state index contributed by atoms with van der Waals surface area (Å²) in [5, 5.41) is 5.58. The van der Waals surface area contributed by atoms with Crippen LogP contribution in [0.2, 0.25) is 0 Å². The van der Waals surface area contributed by atoms with Gasteiger partial charge in [-0.1, -0.05) is 0 Å². The summed E-state index contributed by atoms with van der Waals surface area (Å²) in [6.07, 6.45) is 0.149. The molecule has 1 aromatic rings. The van der Waals surface area contributed by atoms with Crippen LogP contribution in [0.25, 0.3) is 0 Å². The summed E-state index contributed by atoms with van der Waals surface area (Å²) in [7, 11) is 0. The maximum Gasteiger partial charge on any atom is 0.163 e. The number of thiophene rings is 1. The third kappa shape index (κ3) is 3.76. The van der Waals surface area contributed by atoms with Gasteiger partial charge in [0.25, 0.3) is 0 Å². The molecule has 5 heteroatoms. The van der Waals surface area contributed by atoms with Crippen molar-refractivity contribution < 1.29 is 9.47 Å². The van der Waals surface area contributed by atoms with Gasteiger partial charge in [0.05, 0.1) is 12.7 Å². The maximum atomic E-state index is 5.75. The van der Waals surface area contributed by atoms with Crippen molar-refractivity contribution in [3.8, 4) is 0 Å². The predicted molar refractivity (Wildman–Crippen MR) is 73.3 cm³/mol. The van der Waals surface area contributed by atoms with E-state index in [2.05, 4.69) is 39.6 Å². The molecule has 1 aliphatic rings. The smallest absolute Gasteiger partial charge is 0.163 e. The molecule has 2 rings (SSSR count). The van der Waals surface area contributed by atoms with E-state index in [0.29, 0.717) is 12.6 Å². The first-order valence-corrected chi connectivity index (χ1v) is 7.42. The Bertz CT molecular complexity index is 380. The third-order valence-corrected chi connectivity index (χ3v) is 4.61. The second-order valence-electron chi connectivity index (χ2n) is 4.75. The Balaban J connectivity index is 1.79. The molecule has 0 aliphatic carbocycles. The highest BCUT2D eigenvalue weighted by Crippen LogP contribution is 2.26. The molecule has 0 bridgehead atoms. The van der Waals surface area contributed by atoms with Crippen LogP contribution in [0.15, 0.2) is 15.9 Å². The lowest BCUT2D eigenvalue weighted by molar-refractivity contribution is -0.137. The second-order valence-corrected chi connectivity index (χ2v) is 6.61. The Labute approximate surface area is 115 Å². The molecule has 1 aliphatic heterocycles. The van der Waals surface area contributed by atoms with E-state index in [9.17, 15) is 0 Å². The average Bonchev–Trinajstić information content (AvgIpc) is 2.81. The summed E-state index contributed by atoms with van der Waals surface area (Å²) < 4.78 is 12.4. The number of rotatable bonds is 4. The summed E-state index contributed by atoms with van der Waals surface area (Å²) in [4.78, 5) is 1.33. The Morgan fingerprint density at radius 2 is 2.41 bits per heavy atom. The maximum absolute atomic E-state index is 5.75. The van der Waals surface area contributed by atoms with Crippen LogP contribution in [0.1, 0.15) is 31.7 Å². The minimum Gasteiger partial charge on any atom is -0.348 e. The molecule has 96 valence electrons. The van der Waals surface area contributed by atoms with Crippen LogP contribution in [0.4, 0.5) is 0 Å². The second kappa shape index (κ2) is 5.36. The molecule has 2 unspecified atom stereocenters. The number of hydrogen-bond acceptors (Lipinski definition) is 4. The van der Waals surface area contributed by atoms with Crippen LogP contribution >= 0.6 is 27.3 Å². The molecule has 1 saturated heterocycles. The lowest BCUT2D eigenvalue weighted by Gasteiger charge is -2.18. The Morgan fingerprint density at radius 1 is 1.65 bits per heavy atom. The van der Waals surface area contributed by atoms with E-state index in [4.69, 9.17) is 9.47 Å². The highest BCUT2D eigenvalue weighted by atomic mass is 79.9. The molecular weight excluding hydrogens is 302 g/mol. The Morgan fingerprint density at radius 3 is 2.94 bits per heavy atom. The van der Waals surface area contributed by atoms with Crippen molar-refractivity contribution in [2.24, 2.45) is 0 Å². The lowest BCUT2D eigenvalue weighted by atomic mass is 10.2. The molecule has 0 aromatic carbocycles. The first-order chi connectivity index (χ1) is 7.96. The standard InChI is InChI=1S/C12H18BrNO2S/c1-8(11-4-9(13)7-17-11)14-5-10-6-15-12(2,3)16-10/h4,7-8,10,14H,5-6H2,1-3H3. The van der Waals surface area contributed by atoms with Gasteiger partial charge in [-0.05, 0) is 42.8 Å². The van der Waals surface area contributed by atoms with Gasteiger partial charge in [0.15, 0.2) is 5.79 Å². The minimum atomic E-state index is -0.429. The van der Waals surface area contributed by atoms with E-state index in [1.165, 1.54) is 4.88 Å². The fourth-order valence-corrected chi connectivity index (χ4v) is 3.31. The molecule has 0 amide bonds. The normalized spacial score (nSPS) is 25.1. The van der Waals surface area contributed by atoms with Gasteiger partial charge >= 0.3 is 0 Å². The van der Waals surface area contributed by atoms with E-state index in [1.54, 1.807) is 11.3 Å².